The number of hydrogen-bond acceptors (Lipinski definition) is 4. The average molecular weight is 619 g/mol. The quantitative estimate of drug-likeness (QED) is 0.229. The van der Waals surface area contributed by atoms with Crippen molar-refractivity contribution in [2.24, 2.45) is 0 Å². The fraction of sp³-hybridized carbons (Fsp3) is 0.355. The van der Waals surface area contributed by atoms with Crippen molar-refractivity contribution in [2.45, 2.75) is 52.1 Å². The van der Waals surface area contributed by atoms with Gasteiger partial charge in [-0.1, -0.05) is 92.0 Å². The predicted molar refractivity (Wildman–Crippen MR) is 167 cm³/mol. The summed E-state index contributed by atoms with van der Waals surface area (Å²) in [6, 6.07) is 20.6. The van der Waals surface area contributed by atoms with Gasteiger partial charge in [-0.3, -0.25) is 13.9 Å². The Hall–Kier alpha value is -3.07. The number of sulfonamides is 1. The molecule has 3 aromatic carbocycles. The number of nitrogens with one attached hydrogen (secondary N) is 1. The Bertz CT molecular complexity index is 1420. The lowest BCUT2D eigenvalue weighted by atomic mass is 10.0. The summed E-state index contributed by atoms with van der Waals surface area (Å²) in [5.41, 5.74) is 2.94. The molecule has 0 saturated carbocycles. The molecule has 1 atom stereocenters. The van der Waals surface area contributed by atoms with E-state index in [2.05, 4.69) is 5.32 Å². The number of unbranched alkanes of at least 4 members (excludes halogenated alkanes) is 1. The molecule has 41 heavy (non-hydrogen) atoms. The zero-order chi connectivity index (χ0) is 30.0. The van der Waals surface area contributed by atoms with E-state index in [4.69, 9.17) is 23.2 Å². The SMILES string of the molecule is CCCCNC(=O)[C@@H](Cc1ccccc1)N(Cc1ccc(Cl)c(Cl)c1)C(=O)CN(c1ccc(CC)cc1)S(C)(=O)=O. The zero-order valence-electron chi connectivity index (χ0n) is 23.6. The van der Waals surface area contributed by atoms with Gasteiger partial charge >= 0.3 is 0 Å². The number of aryl methyl sites for hydroxylation is 1. The third-order valence-electron chi connectivity index (χ3n) is 6.75. The van der Waals surface area contributed by atoms with E-state index >= 15 is 0 Å². The molecule has 3 rings (SSSR count). The summed E-state index contributed by atoms with van der Waals surface area (Å²) in [4.78, 5) is 29.2. The minimum absolute atomic E-state index is 0.0286. The fourth-order valence-corrected chi connectivity index (χ4v) is 5.58. The van der Waals surface area contributed by atoms with Gasteiger partial charge < -0.3 is 10.2 Å². The van der Waals surface area contributed by atoms with Crippen molar-refractivity contribution < 1.29 is 18.0 Å². The monoisotopic (exact) mass is 617 g/mol. The van der Waals surface area contributed by atoms with E-state index in [9.17, 15) is 18.0 Å². The van der Waals surface area contributed by atoms with Crippen molar-refractivity contribution in [2.75, 3.05) is 23.7 Å². The number of rotatable bonds is 14. The Labute approximate surface area is 253 Å². The van der Waals surface area contributed by atoms with E-state index in [0.29, 0.717) is 27.8 Å². The van der Waals surface area contributed by atoms with E-state index in [1.54, 1.807) is 30.3 Å². The van der Waals surface area contributed by atoms with Gasteiger partial charge in [0, 0.05) is 19.5 Å². The normalized spacial score (nSPS) is 12.0. The summed E-state index contributed by atoms with van der Waals surface area (Å²) < 4.78 is 26.9. The van der Waals surface area contributed by atoms with Crippen LogP contribution in [0.4, 0.5) is 5.69 Å². The van der Waals surface area contributed by atoms with Gasteiger partial charge in [0.2, 0.25) is 21.8 Å². The molecule has 0 unspecified atom stereocenters. The van der Waals surface area contributed by atoms with Crippen molar-refractivity contribution in [1.82, 2.24) is 10.2 Å². The molecule has 0 aliphatic heterocycles. The van der Waals surface area contributed by atoms with Gasteiger partial charge in [0.1, 0.15) is 12.6 Å². The minimum Gasteiger partial charge on any atom is -0.354 e. The van der Waals surface area contributed by atoms with Gasteiger partial charge in [-0.15, -0.1) is 0 Å². The van der Waals surface area contributed by atoms with E-state index < -0.39 is 28.5 Å². The summed E-state index contributed by atoms with van der Waals surface area (Å²) >= 11 is 12.4. The topological polar surface area (TPSA) is 86.8 Å². The van der Waals surface area contributed by atoms with E-state index in [-0.39, 0.29) is 18.9 Å². The molecule has 10 heteroatoms. The average Bonchev–Trinajstić information content (AvgIpc) is 2.95. The second kappa shape index (κ2) is 15.2. The van der Waals surface area contributed by atoms with Crippen LogP contribution in [0.1, 0.15) is 43.4 Å². The van der Waals surface area contributed by atoms with Crippen LogP contribution in [0.3, 0.4) is 0 Å². The molecule has 0 heterocycles. The Kier molecular flexibility index (Phi) is 12.1. The van der Waals surface area contributed by atoms with Crippen LogP contribution in [0.15, 0.2) is 72.8 Å². The van der Waals surface area contributed by atoms with Crippen molar-refractivity contribution in [3.05, 3.63) is 99.5 Å². The van der Waals surface area contributed by atoms with Gasteiger partial charge in [0.15, 0.2) is 0 Å². The van der Waals surface area contributed by atoms with Crippen LogP contribution in [0.25, 0.3) is 0 Å². The molecule has 0 spiro atoms. The van der Waals surface area contributed by atoms with Gasteiger partial charge in [-0.2, -0.15) is 0 Å². The van der Waals surface area contributed by atoms with Crippen molar-refractivity contribution in [3.8, 4) is 0 Å². The molecular weight excluding hydrogens is 581 g/mol. The van der Waals surface area contributed by atoms with Crippen molar-refractivity contribution in [3.63, 3.8) is 0 Å². The number of hydrogen-bond donors (Lipinski definition) is 1. The summed E-state index contributed by atoms with van der Waals surface area (Å²) in [5, 5.41) is 3.64. The zero-order valence-corrected chi connectivity index (χ0v) is 26.0. The highest BCUT2D eigenvalue weighted by molar-refractivity contribution is 7.92. The van der Waals surface area contributed by atoms with Crippen LogP contribution in [-0.4, -0.2) is 50.5 Å². The van der Waals surface area contributed by atoms with Crippen LogP contribution in [0.2, 0.25) is 10.0 Å². The molecule has 0 aliphatic rings. The molecule has 7 nitrogen and oxygen atoms in total. The van der Waals surface area contributed by atoms with E-state index in [1.807, 2.05) is 56.3 Å². The second-order valence-electron chi connectivity index (χ2n) is 9.91. The van der Waals surface area contributed by atoms with Crippen LogP contribution in [0, 0.1) is 0 Å². The fourth-order valence-electron chi connectivity index (χ4n) is 4.41. The van der Waals surface area contributed by atoms with Gasteiger partial charge in [-0.05, 0) is 53.8 Å². The standard InChI is InChI=1S/C31H37Cl2N3O4S/c1-4-6-18-34-31(38)29(20-24-10-8-7-9-11-24)35(21-25-14-17-27(32)28(33)19-25)30(37)22-36(41(3,39)40)26-15-12-23(5-2)13-16-26/h7-17,19,29H,4-6,18,20-22H2,1-3H3,(H,34,38)/t29-/m1/s1. The highest BCUT2D eigenvalue weighted by Gasteiger charge is 2.33. The molecule has 0 radical (unpaired) electrons. The van der Waals surface area contributed by atoms with Crippen LogP contribution in [0.5, 0.6) is 0 Å². The highest BCUT2D eigenvalue weighted by atomic mass is 35.5. The predicted octanol–water partition coefficient (Wildman–Crippen LogP) is 5.88. The number of amides is 2. The number of carbonyl (C=O) groups is 2. The molecule has 0 fully saturated rings. The maximum atomic E-state index is 14.1. The molecule has 0 bridgehead atoms. The largest absolute Gasteiger partial charge is 0.354 e. The molecule has 220 valence electrons. The van der Waals surface area contributed by atoms with Gasteiger partial charge in [0.05, 0.1) is 22.0 Å². The third-order valence-corrected chi connectivity index (χ3v) is 8.63. The summed E-state index contributed by atoms with van der Waals surface area (Å²) in [7, 11) is -3.83. The first kappa shape index (κ1) is 32.4. The second-order valence-corrected chi connectivity index (χ2v) is 12.6. The lowest BCUT2D eigenvalue weighted by Gasteiger charge is -2.33. The van der Waals surface area contributed by atoms with Gasteiger partial charge in [0.25, 0.3) is 0 Å². The number of benzene rings is 3. The van der Waals surface area contributed by atoms with Crippen molar-refractivity contribution in [1.29, 1.82) is 0 Å². The van der Waals surface area contributed by atoms with Crippen molar-refractivity contribution >= 4 is 50.7 Å². The Balaban J connectivity index is 2.04. The minimum atomic E-state index is -3.83. The molecule has 2 amide bonds. The molecular formula is C31H37Cl2N3O4S. The maximum absolute atomic E-state index is 14.1. The first-order chi connectivity index (χ1) is 19.5. The Morgan fingerprint density at radius 3 is 2.12 bits per heavy atom. The molecule has 0 saturated heterocycles. The molecule has 1 N–H and O–H groups in total. The maximum Gasteiger partial charge on any atom is 0.244 e. The van der Waals surface area contributed by atoms with Crippen LogP contribution >= 0.6 is 23.2 Å². The molecule has 0 aromatic heterocycles. The van der Waals surface area contributed by atoms with E-state index in [1.165, 1.54) is 4.90 Å². The number of anilines is 1. The lowest BCUT2D eigenvalue weighted by molar-refractivity contribution is -0.140. The number of halogens is 2. The van der Waals surface area contributed by atoms with Crippen LogP contribution in [-0.2, 0) is 39.0 Å². The Morgan fingerprint density at radius 1 is 0.878 bits per heavy atom. The Morgan fingerprint density at radius 2 is 1.54 bits per heavy atom. The summed E-state index contributed by atoms with van der Waals surface area (Å²) in [6.07, 6.45) is 3.80. The molecule has 0 aliphatic carbocycles. The number of carbonyl (C=O) groups excluding carboxylic acids is 2. The van der Waals surface area contributed by atoms with Crippen LogP contribution < -0.4 is 9.62 Å². The van der Waals surface area contributed by atoms with E-state index in [0.717, 1.165) is 41.0 Å². The lowest BCUT2D eigenvalue weighted by Crippen LogP contribution is -2.53. The van der Waals surface area contributed by atoms with Gasteiger partial charge in [-0.25, -0.2) is 8.42 Å². The molecule has 3 aromatic rings. The smallest absolute Gasteiger partial charge is 0.244 e. The summed E-state index contributed by atoms with van der Waals surface area (Å²) in [6.45, 7) is 4.06. The summed E-state index contributed by atoms with van der Waals surface area (Å²) in [5.74, 6) is -0.832. The first-order valence-corrected chi connectivity index (χ1v) is 16.3. The number of nitrogens with zero attached hydrogens (tertiary/aromatic N) is 2. The highest BCUT2D eigenvalue weighted by Crippen LogP contribution is 2.25. The third kappa shape index (κ3) is 9.48. The first-order valence-electron chi connectivity index (χ1n) is 13.6.